The Balaban J connectivity index is 2.51. The minimum absolute atomic E-state index is 0.00609. The second-order valence-corrected chi connectivity index (χ2v) is 4.42. The Hall–Kier alpha value is -0.340. The fraction of sp³-hybridized carbons (Fsp3) is 0.400. The summed E-state index contributed by atoms with van der Waals surface area (Å²) in [6, 6.07) is 6.25. The van der Waals surface area contributed by atoms with E-state index in [0.29, 0.717) is 0 Å². The molecular formula is C10H12BrN. The molecule has 64 valence electrons. The topological polar surface area (TPSA) is 26.0 Å². The quantitative estimate of drug-likeness (QED) is 0.782. The van der Waals surface area contributed by atoms with E-state index < -0.39 is 0 Å². The van der Waals surface area contributed by atoms with E-state index >= 15 is 0 Å². The van der Waals surface area contributed by atoms with Gasteiger partial charge in [-0.1, -0.05) is 28.1 Å². The van der Waals surface area contributed by atoms with Gasteiger partial charge in [0.05, 0.1) is 0 Å². The lowest BCUT2D eigenvalue weighted by atomic mass is 10.0. The molecular weight excluding hydrogens is 214 g/mol. The van der Waals surface area contributed by atoms with Gasteiger partial charge < -0.3 is 5.73 Å². The highest BCUT2D eigenvalue weighted by Gasteiger charge is 2.41. The van der Waals surface area contributed by atoms with Gasteiger partial charge in [-0.25, -0.2) is 0 Å². The molecule has 1 fully saturated rings. The highest BCUT2D eigenvalue weighted by molar-refractivity contribution is 9.10. The Bertz CT molecular complexity index is 316. The Kier molecular flexibility index (Phi) is 1.77. The smallest absolute Gasteiger partial charge is 0.0414 e. The lowest BCUT2D eigenvalue weighted by Crippen LogP contribution is -2.19. The molecule has 0 aromatic heterocycles. The van der Waals surface area contributed by atoms with Crippen molar-refractivity contribution in [2.45, 2.75) is 25.3 Å². The number of hydrogen-bond acceptors (Lipinski definition) is 1. The van der Waals surface area contributed by atoms with Gasteiger partial charge in [-0.3, -0.25) is 0 Å². The second kappa shape index (κ2) is 2.57. The minimum Gasteiger partial charge on any atom is -0.321 e. The maximum absolute atomic E-state index is 6.12. The van der Waals surface area contributed by atoms with Gasteiger partial charge in [0, 0.05) is 10.0 Å². The number of benzene rings is 1. The highest BCUT2D eigenvalue weighted by Crippen LogP contribution is 2.44. The number of rotatable bonds is 1. The van der Waals surface area contributed by atoms with Crippen LogP contribution in [0.1, 0.15) is 24.0 Å². The van der Waals surface area contributed by atoms with Crippen molar-refractivity contribution in [2.75, 3.05) is 0 Å². The molecule has 2 rings (SSSR count). The van der Waals surface area contributed by atoms with E-state index in [2.05, 4.69) is 41.1 Å². The third-order valence-electron chi connectivity index (χ3n) is 2.59. The molecule has 0 unspecified atom stereocenters. The summed E-state index contributed by atoms with van der Waals surface area (Å²) in [6.45, 7) is 2.12. The summed E-state index contributed by atoms with van der Waals surface area (Å²) in [4.78, 5) is 0. The zero-order valence-corrected chi connectivity index (χ0v) is 8.69. The molecule has 0 bridgehead atoms. The predicted molar refractivity (Wildman–Crippen MR) is 54.0 cm³/mol. The van der Waals surface area contributed by atoms with Crippen molar-refractivity contribution in [3.05, 3.63) is 33.8 Å². The minimum atomic E-state index is -0.00609. The van der Waals surface area contributed by atoms with E-state index in [1.165, 1.54) is 11.1 Å². The van der Waals surface area contributed by atoms with E-state index in [1.54, 1.807) is 0 Å². The monoisotopic (exact) mass is 225 g/mol. The first-order chi connectivity index (χ1) is 5.63. The average Bonchev–Trinajstić information content (AvgIpc) is 2.75. The van der Waals surface area contributed by atoms with Crippen LogP contribution in [0, 0.1) is 6.92 Å². The van der Waals surface area contributed by atoms with Gasteiger partial charge in [0.1, 0.15) is 0 Å². The molecule has 0 heterocycles. The lowest BCUT2D eigenvalue weighted by molar-refractivity contribution is 0.732. The van der Waals surface area contributed by atoms with Gasteiger partial charge in [0.15, 0.2) is 0 Å². The number of hydrogen-bond donors (Lipinski definition) is 1. The van der Waals surface area contributed by atoms with E-state index in [9.17, 15) is 0 Å². The average molecular weight is 226 g/mol. The van der Waals surface area contributed by atoms with Crippen molar-refractivity contribution in [1.82, 2.24) is 0 Å². The molecule has 1 aliphatic rings. The lowest BCUT2D eigenvalue weighted by Gasteiger charge is -2.13. The van der Waals surface area contributed by atoms with Crippen LogP contribution >= 0.6 is 15.9 Å². The van der Waals surface area contributed by atoms with Gasteiger partial charge in [0.25, 0.3) is 0 Å². The van der Waals surface area contributed by atoms with Crippen LogP contribution in [0.2, 0.25) is 0 Å². The van der Waals surface area contributed by atoms with Crippen LogP contribution in [0.15, 0.2) is 22.7 Å². The van der Waals surface area contributed by atoms with Crippen LogP contribution in [0.25, 0.3) is 0 Å². The molecule has 1 aromatic rings. The summed E-state index contributed by atoms with van der Waals surface area (Å²) in [5, 5.41) is 0. The molecule has 1 aromatic carbocycles. The number of nitrogens with two attached hydrogens (primary N) is 1. The van der Waals surface area contributed by atoms with Crippen LogP contribution in [-0.4, -0.2) is 0 Å². The highest BCUT2D eigenvalue weighted by atomic mass is 79.9. The largest absolute Gasteiger partial charge is 0.321 e. The maximum Gasteiger partial charge on any atom is 0.0414 e. The molecule has 2 N–H and O–H groups in total. The second-order valence-electron chi connectivity index (χ2n) is 3.57. The molecule has 0 spiro atoms. The summed E-state index contributed by atoms with van der Waals surface area (Å²) < 4.78 is 1.16. The molecule has 2 heteroatoms. The van der Waals surface area contributed by atoms with E-state index in [4.69, 9.17) is 5.73 Å². The zero-order valence-electron chi connectivity index (χ0n) is 7.10. The molecule has 0 aliphatic heterocycles. The summed E-state index contributed by atoms with van der Waals surface area (Å²) in [5.41, 5.74) is 8.70. The zero-order chi connectivity index (χ0) is 8.77. The fourth-order valence-electron chi connectivity index (χ4n) is 1.55. The molecule has 0 radical (unpaired) electrons. The molecule has 12 heavy (non-hydrogen) atoms. The van der Waals surface area contributed by atoms with Crippen LogP contribution < -0.4 is 5.73 Å². The summed E-state index contributed by atoms with van der Waals surface area (Å²) >= 11 is 3.51. The summed E-state index contributed by atoms with van der Waals surface area (Å²) in [5.74, 6) is 0. The Morgan fingerprint density at radius 2 is 2.08 bits per heavy atom. The first kappa shape index (κ1) is 8.27. The molecule has 0 amide bonds. The van der Waals surface area contributed by atoms with Gasteiger partial charge in [-0.2, -0.15) is 0 Å². The Morgan fingerprint density at radius 1 is 1.42 bits per heavy atom. The van der Waals surface area contributed by atoms with Crippen molar-refractivity contribution >= 4 is 15.9 Å². The summed E-state index contributed by atoms with van der Waals surface area (Å²) in [6.07, 6.45) is 2.26. The van der Waals surface area contributed by atoms with Crippen molar-refractivity contribution in [2.24, 2.45) is 5.73 Å². The standard InChI is InChI=1S/C10H12BrN/c1-7-8(10(12)5-6-10)3-2-4-9(7)11/h2-4H,5-6,12H2,1H3. The van der Waals surface area contributed by atoms with Crippen molar-refractivity contribution in [3.8, 4) is 0 Å². The van der Waals surface area contributed by atoms with E-state index in [0.717, 1.165) is 17.3 Å². The van der Waals surface area contributed by atoms with Crippen LogP contribution in [0.5, 0.6) is 0 Å². The van der Waals surface area contributed by atoms with Gasteiger partial charge in [0.2, 0.25) is 0 Å². The molecule has 1 aliphatic carbocycles. The van der Waals surface area contributed by atoms with Gasteiger partial charge in [-0.15, -0.1) is 0 Å². The number of halogens is 1. The van der Waals surface area contributed by atoms with Crippen molar-refractivity contribution < 1.29 is 0 Å². The van der Waals surface area contributed by atoms with Crippen molar-refractivity contribution in [1.29, 1.82) is 0 Å². The third-order valence-corrected chi connectivity index (χ3v) is 3.45. The maximum atomic E-state index is 6.12. The van der Waals surface area contributed by atoms with Gasteiger partial charge in [-0.05, 0) is 37.0 Å². The Labute approximate surface area is 81.1 Å². The first-order valence-corrected chi connectivity index (χ1v) is 4.97. The first-order valence-electron chi connectivity index (χ1n) is 4.18. The summed E-state index contributed by atoms with van der Waals surface area (Å²) in [7, 11) is 0. The SMILES string of the molecule is Cc1c(Br)cccc1C1(N)CC1. The van der Waals surface area contributed by atoms with Crippen LogP contribution in [-0.2, 0) is 5.54 Å². The van der Waals surface area contributed by atoms with Gasteiger partial charge >= 0.3 is 0 Å². The molecule has 1 saturated carbocycles. The van der Waals surface area contributed by atoms with Crippen LogP contribution in [0.4, 0.5) is 0 Å². The van der Waals surface area contributed by atoms with Crippen LogP contribution in [0.3, 0.4) is 0 Å². The van der Waals surface area contributed by atoms with E-state index in [-0.39, 0.29) is 5.54 Å². The Morgan fingerprint density at radius 3 is 2.67 bits per heavy atom. The molecule has 0 atom stereocenters. The predicted octanol–water partition coefficient (Wildman–Crippen LogP) is 2.71. The third kappa shape index (κ3) is 1.19. The molecule has 1 nitrogen and oxygen atoms in total. The van der Waals surface area contributed by atoms with E-state index in [1.807, 2.05) is 0 Å². The molecule has 0 saturated heterocycles. The normalized spacial score (nSPS) is 19.2. The fourth-order valence-corrected chi connectivity index (χ4v) is 1.92. The van der Waals surface area contributed by atoms with Crippen molar-refractivity contribution in [3.63, 3.8) is 0 Å².